The molecule has 126 valence electrons. The van der Waals surface area contributed by atoms with Crippen LogP contribution in [0.15, 0.2) is 11.3 Å². The monoisotopic (exact) mass is 312 g/mol. The lowest BCUT2D eigenvalue weighted by Gasteiger charge is -2.53. The van der Waals surface area contributed by atoms with Crippen LogP contribution in [-0.2, 0) is 19.3 Å². The van der Waals surface area contributed by atoms with Crippen molar-refractivity contribution in [1.82, 2.24) is 10.5 Å². The van der Waals surface area contributed by atoms with E-state index < -0.39 is 5.54 Å². The average molecular weight is 312 g/mol. The summed E-state index contributed by atoms with van der Waals surface area (Å²) >= 11 is 0. The molecule has 0 saturated carbocycles. The largest absolute Gasteiger partial charge is 0.367 e. The van der Waals surface area contributed by atoms with E-state index >= 15 is 0 Å². The van der Waals surface area contributed by atoms with Gasteiger partial charge in [-0.2, -0.15) is 0 Å². The van der Waals surface area contributed by atoms with Crippen molar-refractivity contribution in [3.05, 3.63) is 11.3 Å². The molecule has 0 radical (unpaired) electrons. The van der Waals surface area contributed by atoms with Crippen LogP contribution in [0, 0.1) is 0 Å². The van der Waals surface area contributed by atoms with E-state index in [-0.39, 0.29) is 17.5 Å². The van der Waals surface area contributed by atoms with Gasteiger partial charge in [-0.15, -0.1) is 5.06 Å². The van der Waals surface area contributed by atoms with Crippen molar-refractivity contribution in [3.63, 3.8) is 0 Å². The minimum atomic E-state index is -0.461. The van der Waals surface area contributed by atoms with Crippen LogP contribution in [0.25, 0.3) is 0 Å². The molecule has 0 aromatic carbocycles. The number of hydroxylamine groups is 3. The number of hydrogen-bond donors (Lipinski definition) is 1. The maximum absolute atomic E-state index is 11.6. The third-order valence-electron chi connectivity index (χ3n) is 4.74. The van der Waals surface area contributed by atoms with Gasteiger partial charge in [0.2, 0.25) is 0 Å². The molecule has 0 aromatic heterocycles. The molecule has 0 aliphatic carbocycles. The third-order valence-corrected chi connectivity index (χ3v) is 4.74. The van der Waals surface area contributed by atoms with Crippen molar-refractivity contribution < 1.29 is 19.3 Å². The molecule has 0 aromatic rings. The fourth-order valence-corrected chi connectivity index (χ4v) is 2.92. The Kier molecular flexibility index (Phi) is 5.62. The summed E-state index contributed by atoms with van der Waals surface area (Å²) in [6.45, 7) is 12.9. The Balaban J connectivity index is 3.30. The summed E-state index contributed by atoms with van der Waals surface area (Å²) in [5.74, 6) is -0.720. The summed E-state index contributed by atoms with van der Waals surface area (Å²) in [5.41, 5.74) is 3.82. The molecule has 0 fully saturated rings. The van der Waals surface area contributed by atoms with Crippen LogP contribution in [-0.4, -0.2) is 28.1 Å². The molecule has 6 nitrogen and oxygen atoms in total. The van der Waals surface area contributed by atoms with Crippen molar-refractivity contribution >= 4 is 11.9 Å². The zero-order chi connectivity index (χ0) is 17.1. The van der Waals surface area contributed by atoms with E-state index in [9.17, 15) is 9.59 Å². The Morgan fingerprint density at radius 1 is 1.18 bits per heavy atom. The van der Waals surface area contributed by atoms with Crippen LogP contribution in [0.5, 0.6) is 0 Å². The molecule has 2 unspecified atom stereocenters. The number of carbonyl (C=O) groups is 2. The summed E-state index contributed by atoms with van der Waals surface area (Å²) in [6.07, 6.45) is 2.15. The highest BCUT2D eigenvalue weighted by molar-refractivity contribution is 5.66. The first-order valence-electron chi connectivity index (χ1n) is 7.73. The Bertz CT molecular complexity index is 489. The molecular weight excluding hydrogens is 284 g/mol. The lowest BCUT2D eigenvalue weighted by molar-refractivity contribution is -0.256. The highest BCUT2D eigenvalue weighted by Gasteiger charge is 2.50. The molecule has 0 spiro atoms. The van der Waals surface area contributed by atoms with Gasteiger partial charge in [-0.1, -0.05) is 13.8 Å². The predicted molar refractivity (Wildman–Crippen MR) is 83.2 cm³/mol. The smallest absolute Gasteiger partial charge is 0.329 e. The molecule has 2 atom stereocenters. The van der Waals surface area contributed by atoms with Crippen molar-refractivity contribution in [1.29, 1.82) is 0 Å². The van der Waals surface area contributed by atoms with Crippen LogP contribution >= 0.6 is 0 Å². The molecule has 1 aliphatic rings. The highest BCUT2D eigenvalue weighted by atomic mass is 16.7. The first kappa shape index (κ1) is 18.5. The standard InChI is InChI=1S/C16H28N2O4/c1-8-15(6)10-14(17-21-12(4)19)11(3)16(7,9-2)18(15)22-13(5)20/h17H,8-10H2,1-7H3. The Hall–Kier alpha value is -1.56. The minimum Gasteiger partial charge on any atom is -0.367 e. The molecule has 0 saturated heterocycles. The van der Waals surface area contributed by atoms with Gasteiger partial charge in [0.15, 0.2) is 0 Å². The second kappa shape index (κ2) is 6.69. The fourth-order valence-electron chi connectivity index (χ4n) is 2.92. The molecule has 1 N–H and O–H groups in total. The van der Waals surface area contributed by atoms with Gasteiger partial charge in [0.1, 0.15) is 0 Å². The molecule has 1 aliphatic heterocycles. The molecule has 0 amide bonds. The molecular formula is C16H28N2O4. The van der Waals surface area contributed by atoms with Gasteiger partial charge in [-0.3, -0.25) is 9.59 Å². The number of nitrogens with zero attached hydrogens (tertiary/aromatic N) is 1. The number of hydrogen-bond acceptors (Lipinski definition) is 6. The summed E-state index contributed by atoms with van der Waals surface area (Å²) in [5, 5.41) is 1.82. The Labute approximate surface area is 132 Å². The van der Waals surface area contributed by atoms with Gasteiger partial charge in [-0.25, -0.2) is 5.48 Å². The van der Waals surface area contributed by atoms with E-state index in [4.69, 9.17) is 9.68 Å². The van der Waals surface area contributed by atoms with Crippen LogP contribution < -0.4 is 5.48 Å². The lowest BCUT2D eigenvalue weighted by Crippen LogP contribution is -2.62. The molecule has 1 rings (SSSR count). The second-order valence-corrected chi connectivity index (χ2v) is 6.33. The van der Waals surface area contributed by atoms with Gasteiger partial charge in [0.05, 0.1) is 16.8 Å². The summed E-state index contributed by atoms with van der Waals surface area (Å²) in [7, 11) is 0. The molecule has 1 heterocycles. The third kappa shape index (κ3) is 3.43. The first-order chi connectivity index (χ1) is 10.1. The fraction of sp³-hybridized carbons (Fsp3) is 0.750. The Morgan fingerprint density at radius 3 is 2.18 bits per heavy atom. The number of rotatable bonds is 5. The maximum atomic E-state index is 11.6. The van der Waals surface area contributed by atoms with Crippen molar-refractivity contribution in [2.75, 3.05) is 0 Å². The zero-order valence-corrected chi connectivity index (χ0v) is 14.7. The van der Waals surface area contributed by atoms with Crippen LogP contribution in [0.3, 0.4) is 0 Å². The van der Waals surface area contributed by atoms with Gasteiger partial charge in [-0.05, 0) is 39.2 Å². The topological polar surface area (TPSA) is 67.9 Å². The van der Waals surface area contributed by atoms with Gasteiger partial charge < -0.3 is 9.68 Å². The molecule has 6 heteroatoms. The van der Waals surface area contributed by atoms with E-state index in [0.29, 0.717) is 6.42 Å². The lowest BCUT2D eigenvalue weighted by atomic mass is 9.76. The normalized spacial score (nSPS) is 29.2. The van der Waals surface area contributed by atoms with Gasteiger partial charge in [0.25, 0.3) is 0 Å². The van der Waals surface area contributed by atoms with E-state index in [0.717, 1.165) is 24.1 Å². The average Bonchev–Trinajstić information content (AvgIpc) is 2.45. The van der Waals surface area contributed by atoms with Crippen molar-refractivity contribution in [3.8, 4) is 0 Å². The zero-order valence-electron chi connectivity index (χ0n) is 14.7. The minimum absolute atomic E-state index is 0.330. The van der Waals surface area contributed by atoms with Crippen molar-refractivity contribution in [2.24, 2.45) is 0 Å². The summed E-state index contributed by atoms with van der Waals surface area (Å²) in [6, 6.07) is 0. The quantitative estimate of drug-likeness (QED) is 0.787. The second-order valence-electron chi connectivity index (χ2n) is 6.33. The number of nitrogens with one attached hydrogen (secondary N) is 1. The summed E-state index contributed by atoms with van der Waals surface area (Å²) in [4.78, 5) is 33.2. The van der Waals surface area contributed by atoms with Crippen molar-refractivity contribution in [2.45, 2.75) is 78.8 Å². The van der Waals surface area contributed by atoms with E-state index in [1.54, 1.807) is 0 Å². The first-order valence-corrected chi connectivity index (χ1v) is 7.73. The summed E-state index contributed by atoms with van der Waals surface area (Å²) < 4.78 is 0. The maximum Gasteiger partial charge on any atom is 0.329 e. The number of carbonyl (C=O) groups excluding carboxylic acids is 2. The van der Waals surface area contributed by atoms with Crippen LogP contribution in [0.2, 0.25) is 0 Å². The molecule has 0 bridgehead atoms. The van der Waals surface area contributed by atoms with E-state index in [1.165, 1.54) is 13.8 Å². The predicted octanol–water partition coefficient (Wildman–Crippen LogP) is 2.85. The van der Waals surface area contributed by atoms with Gasteiger partial charge >= 0.3 is 11.9 Å². The van der Waals surface area contributed by atoms with E-state index in [2.05, 4.69) is 12.4 Å². The molecule has 22 heavy (non-hydrogen) atoms. The Morgan fingerprint density at radius 2 is 1.77 bits per heavy atom. The SMILES string of the molecule is CCC1(C)CC(NOC(C)=O)=C(C)C(C)(CC)N1OC(C)=O. The van der Waals surface area contributed by atoms with Gasteiger partial charge in [0, 0.05) is 20.3 Å². The highest BCUT2D eigenvalue weighted by Crippen LogP contribution is 2.44. The van der Waals surface area contributed by atoms with E-state index in [1.807, 2.05) is 32.8 Å². The van der Waals surface area contributed by atoms with Crippen LogP contribution in [0.4, 0.5) is 0 Å². The van der Waals surface area contributed by atoms with Crippen LogP contribution in [0.1, 0.15) is 67.7 Å².